The van der Waals surface area contributed by atoms with Gasteiger partial charge in [0, 0.05) is 5.69 Å². The Morgan fingerprint density at radius 2 is 2.00 bits per heavy atom. The van der Waals surface area contributed by atoms with E-state index in [0.717, 1.165) is 5.56 Å². The Labute approximate surface area is 119 Å². The second kappa shape index (κ2) is 5.42. The molecule has 0 aliphatic heterocycles. The number of rotatable bonds is 2. The van der Waals surface area contributed by atoms with E-state index in [0.29, 0.717) is 5.69 Å². The summed E-state index contributed by atoms with van der Waals surface area (Å²) in [5.74, 6) is -0.322. The number of carbonyl (C=O) groups is 1. The van der Waals surface area contributed by atoms with E-state index in [1.54, 1.807) is 13.0 Å². The molecule has 0 saturated carbocycles. The molecule has 7 heteroatoms. The van der Waals surface area contributed by atoms with Gasteiger partial charge in [0.1, 0.15) is 5.75 Å². The van der Waals surface area contributed by atoms with Crippen LogP contribution in [0.2, 0.25) is 10.3 Å². The van der Waals surface area contributed by atoms with Crippen molar-refractivity contribution in [2.24, 2.45) is 0 Å². The zero-order chi connectivity index (χ0) is 14.0. The van der Waals surface area contributed by atoms with Gasteiger partial charge in [-0.15, -0.1) is 10.2 Å². The number of nitrogens with zero attached hydrogens (tertiary/aromatic N) is 2. The molecule has 98 valence electrons. The summed E-state index contributed by atoms with van der Waals surface area (Å²) in [6, 6.07) is 5.94. The Morgan fingerprint density at radius 1 is 1.26 bits per heavy atom. The average Bonchev–Trinajstić information content (AvgIpc) is 2.35. The summed E-state index contributed by atoms with van der Waals surface area (Å²) in [5, 5.41) is 19.1. The summed E-state index contributed by atoms with van der Waals surface area (Å²) in [4.78, 5) is 12.0. The normalized spacial score (nSPS) is 10.3. The highest BCUT2D eigenvalue weighted by Gasteiger charge is 2.14. The standard InChI is InChI=1S/C12H9Cl2N3O2/c1-6-4-7(18)2-3-9(6)15-12(19)8-5-10(13)16-17-11(8)14/h2-5,18H,1H3,(H,15,19). The lowest BCUT2D eigenvalue weighted by Gasteiger charge is -2.09. The maximum absolute atomic E-state index is 12.0. The summed E-state index contributed by atoms with van der Waals surface area (Å²) in [5.41, 5.74) is 1.42. The van der Waals surface area contributed by atoms with E-state index in [-0.39, 0.29) is 21.6 Å². The first-order chi connectivity index (χ1) is 8.97. The number of amides is 1. The van der Waals surface area contributed by atoms with Crippen LogP contribution in [0.5, 0.6) is 5.75 Å². The number of phenols is 1. The Bertz CT molecular complexity index is 647. The fourth-order valence-corrected chi connectivity index (χ4v) is 1.82. The van der Waals surface area contributed by atoms with Gasteiger partial charge in [-0.1, -0.05) is 23.2 Å². The zero-order valence-electron chi connectivity index (χ0n) is 9.82. The van der Waals surface area contributed by atoms with Gasteiger partial charge in [0.05, 0.1) is 5.56 Å². The Balaban J connectivity index is 2.28. The number of halogens is 2. The van der Waals surface area contributed by atoms with Gasteiger partial charge >= 0.3 is 0 Å². The van der Waals surface area contributed by atoms with E-state index in [1.165, 1.54) is 18.2 Å². The van der Waals surface area contributed by atoms with Crippen molar-refractivity contribution >= 4 is 34.8 Å². The van der Waals surface area contributed by atoms with Gasteiger partial charge in [0.15, 0.2) is 10.3 Å². The summed E-state index contributed by atoms with van der Waals surface area (Å²) >= 11 is 11.5. The van der Waals surface area contributed by atoms with Crippen LogP contribution in [0.4, 0.5) is 5.69 Å². The van der Waals surface area contributed by atoms with Gasteiger partial charge in [0.25, 0.3) is 5.91 Å². The van der Waals surface area contributed by atoms with Crippen molar-refractivity contribution < 1.29 is 9.90 Å². The fraction of sp³-hybridized carbons (Fsp3) is 0.0833. The average molecular weight is 298 g/mol. The van der Waals surface area contributed by atoms with E-state index in [9.17, 15) is 9.90 Å². The SMILES string of the molecule is Cc1cc(O)ccc1NC(=O)c1cc(Cl)nnc1Cl. The molecule has 0 bridgehead atoms. The molecule has 0 spiro atoms. The van der Waals surface area contributed by atoms with E-state index >= 15 is 0 Å². The monoisotopic (exact) mass is 297 g/mol. The number of benzene rings is 1. The first-order valence-corrected chi connectivity index (χ1v) is 6.02. The van der Waals surface area contributed by atoms with E-state index in [4.69, 9.17) is 23.2 Å². The van der Waals surface area contributed by atoms with Gasteiger partial charge in [-0.05, 0) is 36.8 Å². The lowest BCUT2D eigenvalue weighted by Crippen LogP contribution is -2.14. The lowest BCUT2D eigenvalue weighted by molar-refractivity contribution is 0.102. The van der Waals surface area contributed by atoms with Crippen LogP contribution in [0, 0.1) is 6.92 Å². The second-order valence-corrected chi connectivity index (χ2v) is 4.57. The predicted octanol–water partition coefficient (Wildman–Crippen LogP) is 3.05. The van der Waals surface area contributed by atoms with Crippen molar-refractivity contribution in [3.63, 3.8) is 0 Å². The van der Waals surface area contributed by atoms with Gasteiger partial charge in [0.2, 0.25) is 0 Å². The molecule has 0 atom stereocenters. The minimum Gasteiger partial charge on any atom is -0.508 e. The lowest BCUT2D eigenvalue weighted by atomic mass is 10.2. The quantitative estimate of drug-likeness (QED) is 0.836. The number of aryl methyl sites for hydroxylation is 1. The van der Waals surface area contributed by atoms with Crippen molar-refractivity contribution in [1.82, 2.24) is 10.2 Å². The molecule has 2 N–H and O–H groups in total. The molecule has 0 unspecified atom stereocenters. The molecule has 0 saturated heterocycles. The summed E-state index contributed by atoms with van der Waals surface area (Å²) in [7, 11) is 0. The van der Waals surface area contributed by atoms with E-state index < -0.39 is 5.91 Å². The fourth-order valence-electron chi connectivity index (χ4n) is 1.49. The molecule has 2 aromatic rings. The van der Waals surface area contributed by atoms with Crippen molar-refractivity contribution in [2.45, 2.75) is 6.92 Å². The number of anilines is 1. The molecule has 0 aliphatic rings. The highest BCUT2D eigenvalue weighted by molar-refractivity contribution is 6.34. The van der Waals surface area contributed by atoms with E-state index in [1.807, 2.05) is 0 Å². The topological polar surface area (TPSA) is 75.1 Å². The van der Waals surface area contributed by atoms with Crippen LogP contribution in [-0.4, -0.2) is 21.2 Å². The Morgan fingerprint density at radius 3 is 2.68 bits per heavy atom. The van der Waals surface area contributed by atoms with E-state index in [2.05, 4.69) is 15.5 Å². The number of nitrogens with one attached hydrogen (secondary N) is 1. The molecule has 1 aromatic heterocycles. The van der Waals surface area contributed by atoms with Crippen LogP contribution in [0.25, 0.3) is 0 Å². The van der Waals surface area contributed by atoms with Gasteiger partial charge in [-0.3, -0.25) is 4.79 Å². The van der Waals surface area contributed by atoms with Crippen molar-refractivity contribution in [1.29, 1.82) is 0 Å². The van der Waals surface area contributed by atoms with Crippen molar-refractivity contribution in [3.8, 4) is 5.75 Å². The maximum atomic E-state index is 12.0. The predicted molar refractivity (Wildman–Crippen MR) is 72.8 cm³/mol. The molecule has 5 nitrogen and oxygen atoms in total. The van der Waals surface area contributed by atoms with Gasteiger partial charge in [-0.25, -0.2) is 0 Å². The third-order valence-corrected chi connectivity index (χ3v) is 2.89. The van der Waals surface area contributed by atoms with Gasteiger partial charge < -0.3 is 10.4 Å². The molecule has 0 aliphatic carbocycles. The molecule has 19 heavy (non-hydrogen) atoms. The van der Waals surface area contributed by atoms with Crippen LogP contribution >= 0.6 is 23.2 Å². The highest BCUT2D eigenvalue weighted by Crippen LogP contribution is 2.22. The first-order valence-electron chi connectivity index (χ1n) is 5.27. The van der Waals surface area contributed by atoms with Crippen LogP contribution in [0.3, 0.4) is 0 Å². The van der Waals surface area contributed by atoms with Crippen LogP contribution in [0.1, 0.15) is 15.9 Å². The number of aromatic nitrogens is 2. The zero-order valence-corrected chi connectivity index (χ0v) is 11.3. The Hall–Kier alpha value is -1.85. The number of hydrogen-bond donors (Lipinski definition) is 2. The smallest absolute Gasteiger partial charge is 0.258 e. The number of hydrogen-bond acceptors (Lipinski definition) is 4. The molecular formula is C12H9Cl2N3O2. The number of aromatic hydroxyl groups is 1. The third kappa shape index (κ3) is 3.13. The molecule has 0 fully saturated rings. The van der Waals surface area contributed by atoms with Crippen molar-refractivity contribution in [3.05, 3.63) is 45.7 Å². The summed E-state index contributed by atoms with van der Waals surface area (Å²) in [6.07, 6.45) is 0. The summed E-state index contributed by atoms with van der Waals surface area (Å²) in [6.45, 7) is 1.76. The minimum absolute atomic E-state index is 0.0293. The molecular weight excluding hydrogens is 289 g/mol. The van der Waals surface area contributed by atoms with Crippen LogP contribution < -0.4 is 5.32 Å². The number of carbonyl (C=O) groups excluding carboxylic acids is 1. The van der Waals surface area contributed by atoms with Crippen LogP contribution in [-0.2, 0) is 0 Å². The molecule has 1 heterocycles. The Kier molecular flexibility index (Phi) is 3.87. The third-order valence-electron chi connectivity index (χ3n) is 2.42. The van der Waals surface area contributed by atoms with Gasteiger partial charge in [-0.2, -0.15) is 0 Å². The molecule has 1 amide bonds. The second-order valence-electron chi connectivity index (χ2n) is 3.82. The largest absolute Gasteiger partial charge is 0.508 e. The molecule has 2 rings (SSSR count). The van der Waals surface area contributed by atoms with Crippen LogP contribution in [0.15, 0.2) is 24.3 Å². The molecule has 1 aromatic carbocycles. The summed E-state index contributed by atoms with van der Waals surface area (Å²) < 4.78 is 0. The maximum Gasteiger partial charge on any atom is 0.258 e. The van der Waals surface area contributed by atoms with Crippen molar-refractivity contribution in [2.75, 3.05) is 5.32 Å². The minimum atomic E-state index is -0.449. The number of phenolic OH excluding ortho intramolecular Hbond substituents is 1. The highest BCUT2D eigenvalue weighted by atomic mass is 35.5. The molecule has 0 radical (unpaired) electrons. The first kappa shape index (κ1) is 13.6.